The van der Waals surface area contributed by atoms with Gasteiger partial charge in [-0.2, -0.15) is 0 Å². The monoisotopic (exact) mass is 470 g/mol. The Morgan fingerprint density at radius 2 is 1.82 bits per heavy atom. The Labute approximate surface area is 197 Å². The van der Waals surface area contributed by atoms with Gasteiger partial charge >= 0.3 is 0 Å². The van der Waals surface area contributed by atoms with E-state index in [2.05, 4.69) is 0 Å². The highest BCUT2D eigenvalue weighted by Crippen LogP contribution is 2.42. The van der Waals surface area contributed by atoms with Gasteiger partial charge in [-0.25, -0.2) is 4.39 Å². The number of Topliss-reactive ketones (excluding diaryl/α,β-unsaturated/α-hetero) is 1. The largest absolute Gasteiger partial charge is 0.872 e. The molecule has 2 aromatic rings. The normalized spacial score (nSPS) is 20.6. The molecule has 2 aromatic carbocycles. The maximum absolute atomic E-state index is 13.4. The first-order chi connectivity index (χ1) is 16.4. The number of hydrogen-bond acceptors (Lipinski definition) is 6. The zero-order chi connectivity index (χ0) is 24.2. The minimum absolute atomic E-state index is 0.135. The first-order valence-corrected chi connectivity index (χ1v) is 11.1. The van der Waals surface area contributed by atoms with Crippen LogP contribution in [0.4, 0.5) is 4.39 Å². The SMILES string of the molecule is COc1ccc(C2/C(=C(\[O-])c3ccc(F)cc3)C(=O)C(=O)N2CC[NH+]2CCOCC2)c(OC)c1. The van der Waals surface area contributed by atoms with Crippen LogP contribution in [0.3, 0.4) is 0 Å². The number of ether oxygens (including phenoxy) is 3. The predicted octanol–water partition coefficient (Wildman–Crippen LogP) is -0.0180. The van der Waals surface area contributed by atoms with E-state index in [0.717, 1.165) is 25.2 Å². The number of hydrogen-bond donors (Lipinski definition) is 1. The number of likely N-dealkylation sites (tertiary alicyclic amines) is 1. The van der Waals surface area contributed by atoms with Gasteiger partial charge in [0.15, 0.2) is 0 Å². The predicted molar refractivity (Wildman–Crippen MR) is 119 cm³/mol. The van der Waals surface area contributed by atoms with Crippen LogP contribution in [0, 0.1) is 5.82 Å². The quantitative estimate of drug-likeness (QED) is 0.348. The third kappa shape index (κ3) is 4.62. The number of halogens is 1. The second kappa shape index (κ2) is 10.2. The summed E-state index contributed by atoms with van der Waals surface area (Å²) in [7, 11) is 2.99. The Bertz CT molecular complexity index is 1100. The average molecular weight is 470 g/mol. The molecule has 0 aromatic heterocycles. The van der Waals surface area contributed by atoms with Crippen molar-refractivity contribution in [3.63, 3.8) is 0 Å². The minimum Gasteiger partial charge on any atom is -0.872 e. The molecule has 1 N–H and O–H groups in total. The van der Waals surface area contributed by atoms with Gasteiger partial charge in [0.05, 0.1) is 46.6 Å². The fourth-order valence-corrected chi connectivity index (χ4v) is 4.41. The van der Waals surface area contributed by atoms with Gasteiger partial charge in [-0.1, -0.05) is 17.9 Å². The highest BCUT2D eigenvalue weighted by molar-refractivity contribution is 6.46. The van der Waals surface area contributed by atoms with Crippen molar-refractivity contribution in [1.29, 1.82) is 0 Å². The summed E-state index contributed by atoms with van der Waals surface area (Å²) < 4.78 is 29.6. The molecule has 2 aliphatic heterocycles. The molecule has 0 radical (unpaired) electrons. The van der Waals surface area contributed by atoms with Crippen molar-refractivity contribution in [2.75, 3.05) is 53.6 Å². The number of quaternary nitrogens is 1. The lowest BCUT2D eigenvalue weighted by Crippen LogP contribution is -3.14. The van der Waals surface area contributed by atoms with Gasteiger partial charge in [-0.15, -0.1) is 0 Å². The minimum atomic E-state index is -0.932. The summed E-state index contributed by atoms with van der Waals surface area (Å²) in [5.41, 5.74) is 0.470. The first-order valence-electron chi connectivity index (χ1n) is 11.1. The second-order valence-corrected chi connectivity index (χ2v) is 8.20. The van der Waals surface area contributed by atoms with Gasteiger partial charge in [0.25, 0.3) is 5.91 Å². The lowest BCUT2D eigenvalue weighted by Gasteiger charge is -2.30. The van der Waals surface area contributed by atoms with Crippen LogP contribution in [0.2, 0.25) is 0 Å². The standard InChI is InChI=1S/C25H27FN2O6/c1-32-18-7-8-19(20(15-18)33-2)22-21(23(29)16-3-5-17(26)6-4-16)24(30)25(31)28(22)10-9-27-11-13-34-14-12-27/h3-8,15,22,29H,9-14H2,1-2H3/b23-21+. The fourth-order valence-electron chi connectivity index (χ4n) is 4.41. The summed E-state index contributed by atoms with van der Waals surface area (Å²) in [6, 6.07) is 9.02. The Hall–Kier alpha value is -3.43. The van der Waals surface area contributed by atoms with Gasteiger partial charge in [0.1, 0.15) is 30.4 Å². The van der Waals surface area contributed by atoms with Gasteiger partial charge in [-0.05, 0) is 29.8 Å². The molecule has 1 amide bonds. The van der Waals surface area contributed by atoms with Crippen LogP contribution in [-0.2, 0) is 14.3 Å². The Kier molecular flexibility index (Phi) is 7.14. The van der Waals surface area contributed by atoms with Crippen molar-refractivity contribution in [1.82, 2.24) is 4.90 Å². The summed E-state index contributed by atoms with van der Waals surface area (Å²) in [6.07, 6.45) is 0. The molecule has 0 bridgehead atoms. The first kappa shape index (κ1) is 23.7. The lowest BCUT2D eigenvalue weighted by atomic mass is 9.94. The van der Waals surface area contributed by atoms with Crippen LogP contribution in [-0.4, -0.2) is 70.2 Å². The van der Waals surface area contributed by atoms with Crippen LogP contribution >= 0.6 is 0 Å². The van der Waals surface area contributed by atoms with E-state index in [9.17, 15) is 19.1 Å². The zero-order valence-electron chi connectivity index (χ0n) is 19.1. The number of ketones is 1. The molecule has 2 fully saturated rings. The third-order valence-corrected chi connectivity index (χ3v) is 6.28. The van der Waals surface area contributed by atoms with Gasteiger partial charge in [0, 0.05) is 17.2 Å². The molecule has 1 unspecified atom stereocenters. The summed E-state index contributed by atoms with van der Waals surface area (Å²) in [5.74, 6) is -1.77. The van der Waals surface area contributed by atoms with E-state index in [0.29, 0.717) is 36.8 Å². The number of carbonyl (C=O) groups is 2. The summed E-state index contributed by atoms with van der Waals surface area (Å²) in [5, 5.41) is 13.4. The smallest absolute Gasteiger partial charge is 0.295 e. The van der Waals surface area contributed by atoms with Crippen molar-refractivity contribution in [2.24, 2.45) is 0 Å². The topological polar surface area (TPSA) is 92.6 Å². The number of morpholine rings is 1. The van der Waals surface area contributed by atoms with E-state index < -0.39 is 29.3 Å². The molecule has 180 valence electrons. The van der Waals surface area contributed by atoms with Crippen molar-refractivity contribution in [3.8, 4) is 11.5 Å². The summed E-state index contributed by atoms with van der Waals surface area (Å²) >= 11 is 0. The van der Waals surface area contributed by atoms with Crippen molar-refractivity contribution in [2.45, 2.75) is 6.04 Å². The average Bonchev–Trinajstić information content (AvgIpc) is 3.12. The molecule has 8 nitrogen and oxygen atoms in total. The van der Waals surface area contributed by atoms with Crippen LogP contribution < -0.4 is 19.5 Å². The second-order valence-electron chi connectivity index (χ2n) is 8.20. The molecule has 0 saturated carbocycles. The highest BCUT2D eigenvalue weighted by Gasteiger charge is 2.45. The van der Waals surface area contributed by atoms with Crippen LogP contribution in [0.1, 0.15) is 17.2 Å². The Morgan fingerprint density at radius 1 is 1.12 bits per heavy atom. The molecule has 0 aliphatic carbocycles. The number of rotatable bonds is 7. The number of benzene rings is 2. The Morgan fingerprint density at radius 3 is 2.47 bits per heavy atom. The number of nitrogens with one attached hydrogen (secondary N) is 1. The lowest BCUT2D eigenvalue weighted by molar-refractivity contribution is -0.907. The van der Waals surface area contributed by atoms with E-state index in [4.69, 9.17) is 14.2 Å². The van der Waals surface area contributed by atoms with E-state index >= 15 is 0 Å². The molecule has 0 spiro atoms. The molecule has 2 heterocycles. The number of carbonyl (C=O) groups excluding carboxylic acids is 2. The molecule has 4 rings (SSSR count). The zero-order valence-corrected chi connectivity index (χ0v) is 19.1. The Balaban J connectivity index is 1.79. The molecule has 34 heavy (non-hydrogen) atoms. The molecule has 2 saturated heterocycles. The molecule has 9 heteroatoms. The molecular formula is C25H27FN2O6. The van der Waals surface area contributed by atoms with Gasteiger partial charge in [-0.3, -0.25) is 9.59 Å². The summed E-state index contributed by atoms with van der Waals surface area (Å²) in [4.78, 5) is 29.0. The van der Waals surface area contributed by atoms with Crippen molar-refractivity contribution < 1.29 is 38.2 Å². The highest BCUT2D eigenvalue weighted by atomic mass is 19.1. The third-order valence-electron chi connectivity index (χ3n) is 6.28. The van der Waals surface area contributed by atoms with Crippen LogP contribution in [0.15, 0.2) is 48.0 Å². The number of methoxy groups -OCH3 is 2. The molecule has 2 aliphatic rings. The van der Waals surface area contributed by atoms with Crippen molar-refractivity contribution >= 4 is 17.4 Å². The maximum atomic E-state index is 13.4. The van der Waals surface area contributed by atoms with Gasteiger partial charge in [0.2, 0.25) is 5.78 Å². The van der Waals surface area contributed by atoms with E-state index in [1.807, 2.05) is 0 Å². The summed E-state index contributed by atoms with van der Waals surface area (Å²) in [6.45, 7) is 3.77. The van der Waals surface area contributed by atoms with Gasteiger partial charge < -0.3 is 29.1 Å². The molecule has 1 atom stereocenters. The van der Waals surface area contributed by atoms with E-state index in [1.165, 1.54) is 36.2 Å². The van der Waals surface area contributed by atoms with E-state index in [-0.39, 0.29) is 17.7 Å². The van der Waals surface area contributed by atoms with E-state index in [1.54, 1.807) is 18.2 Å². The van der Waals surface area contributed by atoms with Crippen molar-refractivity contribution in [3.05, 3.63) is 65.0 Å². The van der Waals surface area contributed by atoms with Crippen LogP contribution in [0.5, 0.6) is 11.5 Å². The number of amides is 1. The molecular weight excluding hydrogens is 443 g/mol. The maximum Gasteiger partial charge on any atom is 0.295 e. The van der Waals surface area contributed by atoms with Crippen LogP contribution in [0.25, 0.3) is 5.76 Å². The number of nitrogens with zero attached hydrogens (tertiary/aromatic N) is 1. The fraction of sp³-hybridized carbons (Fsp3) is 0.360.